The number of rotatable bonds is 7. The number of methoxy groups -OCH3 is 1. The largest absolute Gasteiger partial charge is 0.465 e. The van der Waals surface area contributed by atoms with Crippen LogP contribution in [-0.2, 0) is 11.3 Å². The van der Waals surface area contributed by atoms with Crippen molar-refractivity contribution >= 4 is 23.3 Å². The Bertz CT molecular complexity index is 1180. The first kappa shape index (κ1) is 24.1. The molecule has 3 heterocycles. The van der Waals surface area contributed by atoms with Gasteiger partial charge in [0.15, 0.2) is 5.69 Å². The van der Waals surface area contributed by atoms with Crippen LogP contribution in [0.15, 0.2) is 55.0 Å². The Balaban J connectivity index is 1.50. The van der Waals surface area contributed by atoms with Gasteiger partial charge in [-0.2, -0.15) is 5.26 Å². The van der Waals surface area contributed by atoms with Crippen molar-refractivity contribution < 1.29 is 9.53 Å². The highest BCUT2D eigenvalue weighted by atomic mass is 16.5. The number of nitrogens with zero attached hydrogens (tertiary/aromatic N) is 5. The molecule has 2 N–H and O–H groups in total. The lowest BCUT2D eigenvalue weighted by Crippen LogP contribution is -2.49. The van der Waals surface area contributed by atoms with Gasteiger partial charge in [-0.1, -0.05) is 30.3 Å². The molecule has 3 aromatic rings. The maximum atomic E-state index is 12.4. The van der Waals surface area contributed by atoms with Crippen molar-refractivity contribution in [2.75, 3.05) is 17.7 Å². The molecule has 4 rings (SSSR count). The van der Waals surface area contributed by atoms with Gasteiger partial charge in [-0.3, -0.25) is 4.90 Å². The molecule has 35 heavy (non-hydrogen) atoms. The molecular formula is C26H29N7O2. The summed E-state index contributed by atoms with van der Waals surface area (Å²) in [5.74, 6) is 0.499. The van der Waals surface area contributed by atoms with Crippen LogP contribution in [0.4, 0.5) is 17.3 Å². The molecule has 0 aliphatic carbocycles. The summed E-state index contributed by atoms with van der Waals surface area (Å²) in [6.07, 6.45) is 6.21. The van der Waals surface area contributed by atoms with Crippen LogP contribution in [0.2, 0.25) is 0 Å². The van der Waals surface area contributed by atoms with Crippen LogP contribution in [0.3, 0.4) is 0 Å². The van der Waals surface area contributed by atoms with Crippen LogP contribution in [0.5, 0.6) is 0 Å². The van der Waals surface area contributed by atoms with E-state index in [9.17, 15) is 4.79 Å². The number of nitrogens with one attached hydrogen (secondary N) is 2. The lowest BCUT2D eigenvalue weighted by molar-refractivity contribution is 0.0601. The van der Waals surface area contributed by atoms with Gasteiger partial charge in [0.2, 0.25) is 0 Å². The fourth-order valence-electron chi connectivity index (χ4n) is 4.57. The zero-order chi connectivity index (χ0) is 24.8. The molecule has 0 bridgehead atoms. The Labute approximate surface area is 205 Å². The number of benzene rings is 1. The minimum atomic E-state index is -0.452. The lowest BCUT2D eigenvalue weighted by atomic mass is 9.91. The molecule has 0 radical (unpaired) electrons. The lowest BCUT2D eigenvalue weighted by Gasteiger charge is -2.43. The number of carbonyl (C=O) groups is 1. The van der Waals surface area contributed by atoms with Gasteiger partial charge < -0.3 is 15.4 Å². The highest BCUT2D eigenvalue weighted by molar-refractivity contribution is 5.96. The van der Waals surface area contributed by atoms with Gasteiger partial charge in [0, 0.05) is 36.9 Å². The van der Waals surface area contributed by atoms with Crippen molar-refractivity contribution in [2.45, 2.75) is 51.4 Å². The average molecular weight is 472 g/mol. The number of hydrogen-bond donors (Lipinski definition) is 2. The molecule has 1 fully saturated rings. The van der Waals surface area contributed by atoms with Crippen LogP contribution in [0, 0.1) is 11.3 Å². The van der Waals surface area contributed by atoms with E-state index in [1.807, 2.05) is 12.1 Å². The van der Waals surface area contributed by atoms with Crippen molar-refractivity contribution in [1.82, 2.24) is 19.9 Å². The number of ether oxygens (including phenoxy) is 1. The SMILES string of the molecule is COC(=O)c1cnc(Nc2cnc(C#N)cn2)cc1NC1CC(C)N(Cc2ccccc2)[C@H](C)C1. The first-order valence-electron chi connectivity index (χ1n) is 11.6. The molecule has 9 heteroatoms. The zero-order valence-corrected chi connectivity index (χ0v) is 20.1. The molecule has 0 saturated carbocycles. The Morgan fingerprint density at radius 3 is 2.43 bits per heavy atom. The first-order valence-corrected chi connectivity index (χ1v) is 11.6. The summed E-state index contributed by atoms with van der Waals surface area (Å²) in [5.41, 5.74) is 2.56. The Morgan fingerprint density at radius 2 is 1.80 bits per heavy atom. The van der Waals surface area contributed by atoms with Gasteiger partial charge in [-0.05, 0) is 32.3 Å². The van der Waals surface area contributed by atoms with Crippen LogP contribution in [0.25, 0.3) is 0 Å². The molecule has 2 aromatic heterocycles. The van der Waals surface area contributed by atoms with E-state index in [4.69, 9.17) is 10.00 Å². The van der Waals surface area contributed by atoms with Gasteiger partial charge in [0.25, 0.3) is 0 Å². The van der Waals surface area contributed by atoms with Crippen LogP contribution < -0.4 is 10.6 Å². The standard InChI is InChI=1S/C26H29N7O2/c1-17-9-20(10-18(2)33(17)16-19-7-5-4-6-8-19)31-23-11-24(30-14-22(23)26(34)35-3)32-25-15-28-21(12-27)13-29-25/h4-8,11,13-15,17-18,20H,9-10,16H2,1-3H3,(H2,29,30,31,32)/t17-,18?,20?/m1/s1. The van der Waals surface area contributed by atoms with Gasteiger partial charge in [0.05, 0.1) is 25.2 Å². The highest BCUT2D eigenvalue weighted by Crippen LogP contribution is 2.29. The second kappa shape index (κ2) is 10.9. The van der Waals surface area contributed by atoms with Gasteiger partial charge in [-0.25, -0.2) is 19.7 Å². The van der Waals surface area contributed by atoms with Crippen molar-refractivity contribution in [3.05, 3.63) is 71.8 Å². The summed E-state index contributed by atoms with van der Waals surface area (Å²) >= 11 is 0. The third-order valence-electron chi connectivity index (χ3n) is 6.28. The van der Waals surface area contributed by atoms with E-state index in [0.29, 0.717) is 35.0 Å². The maximum absolute atomic E-state index is 12.4. The average Bonchev–Trinajstić information content (AvgIpc) is 2.87. The van der Waals surface area contributed by atoms with E-state index >= 15 is 0 Å². The van der Waals surface area contributed by atoms with E-state index in [2.05, 4.69) is 68.6 Å². The summed E-state index contributed by atoms with van der Waals surface area (Å²) in [6, 6.07) is 15.1. The zero-order valence-electron chi connectivity index (χ0n) is 20.1. The fourth-order valence-corrected chi connectivity index (χ4v) is 4.57. The molecule has 1 aliphatic heterocycles. The second-order valence-electron chi connectivity index (χ2n) is 8.80. The smallest absolute Gasteiger partial charge is 0.341 e. The minimum absolute atomic E-state index is 0.181. The molecule has 1 saturated heterocycles. The molecule has 180 valence electrons. The number of aromatic nitrogens is 3. The number of hydrogen-bond acceptors (Lipinski definition) is 9. The van der Waals surface area contributed by atoms with E-state index in [1.165, 1.54) is 31.3 Å². The van der Waals surface area contributed by atoms with Crippen LogP contribution >= 0.6 is 0 Å². The molecular weight excluding hydrogens is 442 g/mol. The number of pyridine rings is 1. The number of carbonyl (C=O) groups excluding carboxylic acids is 1. The number of anilines is 3. The number of piperidine rings is 1. The Kier molecular flexibility index (Phi) is 7.53. The molecule has 2 unspecified atom stereocenters. The monoisotopic (exact) mass is 471 g/mol. The molecule has 9 nitrogen and oxygen atoms in total. The summed E-state index contributed by atoms with van der Waals surface area (Å²) in [7, 11) is 1.36. The first-order chi connectivity index (χ1) is 17.0. The third kappa shape index (κ3) is 5.91. The van der Waals surface area contributed by atoms with Crippen LogP contribution in [-0.4, -0.2) is 51.1 Å². The van der Waals surface area contributed by atoms with E-state index in [0.717, 1.165) is 19.4 Å². The fraction of sp³-hybridized carbons (Fsp3) is 0.346. The maximum Gasteiger partial charge on any atom is 0.341 e. The summed E-state index contributed by atoms with van der Waals surface area (Å²) in [4.78, 5) is 27.5. The topological polar surface area (TPSA) is 116 Å². The van der Waals surface area contributed by atoms with Gasteiger partial charge >= 0.3 is 5.97 Å². The molecule has 0 amide bonds. The van der Waals surface area contributed by atoms with Crippen molar-refractivity contribution in [3.8, 4) is 6.07 Å². The highest BCUT2D eigenvalue weighted by Gasteiger charge is 2.31. The van der Waals surface area contributed by atoms with E-state index in [1.54, 1.807) is 6.07 Å². The summed E-state index contributed by atoms with van der Waals surface area (Å²) < 4.78 is 4.97. The summed E-state index contributed by atoms with van der Waals surface area (Å²) in [5, 5.41) is 15.5. The molecule has 1 aliphatic rings. The van der Waals surface area contributed by atoms with Crippen molar-refractivity contribution in [3.63, 3.8) is 0 Å². The van der Waals surface area contributed by atoms with Crippen LogP contribution in [0.1, 0.15) is 48.3 Å². The number of esters is 1. The quantitative estimate of drug-likeness (QED) is 0.491. The van der Waals surface area contributed by atoms with Gasteiger partial charge in [-0.15, -0.1) is 0 Å². The predicted octanol–water partition coefficient (Wildman–Crippen LogP) is 4.13. The Hall–Kier alpha value is -4.03. The number of likely N-dealkylation sites (tertiary alicyclic amines) is 1. The summed E-state index contributed by atoms with van der Waals surface area (Å²) in [6.45, 7) is 5.41. The van der Waals surface area contributed by atoms with Gasteiger partial charge in [0.1, 0.15) is 23.3 Å². The third-order valence-corrected chi connectivity index (χ3v) is 6.28. The molecule has 3 atom stereocenters. The molecule has 0 spiro atoms. The second-order valence-corrected chi connectivity index (χ2v) is 8.80. The van der Waals surface area contributed by atoms with E-state index < -0.39 is 5.97 Å². The van der Waals surface area contributed by atoms with E-state index in [-0.39, 0.29) is 11.7 Å². The number of nitriles is 1. The molecule has 1 aromatic carbocycles. The normalized spacial score (nSPS) is 20.0. The van der Waals surface area contributed by atoms with Crippen molar-refractivity contribution in [2.24, 2.45) is 0 Å². The van der Waals surface area contributed by atoms with Crippen molar-refractivity contribution in [1.29, 1.82) is 5.26 Å². The Morgan fingerprint density at radius 1 is 1.09 bits per heavy atom. The predicted molar refractivity (Wildman–Crippen MR) is 133 cm³/mol. The minimum Gasteiger partial charge on any atom is -0.465 e.